The highest BCUT2D eigenvalue weighted by Gasteiger charge is 2.06. The number of H-pyrrole nitrogens is 1. The molecule has 0 saturated heterocycles. The lowest BCUT2D eigenvalue weighted by atomic mass is 10.2. The van der Waals surface area contributed by atoms with E-state index in [-0.39, 0.29) is 18.7 Å². The van der Waals surface area contributed by atoms with Gasteiger partial charge in [0.25, 0.3) is 5.56 Å². The molecule has 0 aliphatic rings. The molecule has 2 aromatic rings. The first kappa shape index (κ1) is 13.5. The summed E-state index contributed by atoms with van der Waals surface area (Å²) in [7, 11) is 0. The highest BCUT2D eigenvalue weighted by atomic mass is 16.5. The first-order chi connectivity index (χ1) is 9.20. The largest absolute Gasteiger partial charge is 0.389 e. The number of rotatable bonds is 6. The highest BCUT2D eigenvalue weighted by molar-refractivity contribution is 5.78. The van der Waals surface area contributed by atoms with E-state index < -0.39 is 6.10 Å². The second kappa shape index (κ2) is 6.31. The molecule has 0 aliphatic carbocycles. The summed E-state index contributed by atoms with van der Waals surface area (Å²) in [5.41, 5.74) is 0.417. The van der Waals surface area contributed by atoms with Crippen molar-refractivity contribution in [3.05, 3.63) is 34.6 Å². The molecule has 1 atom stereocenters. The van der Waals surface area contributed by atoms with Gasteiger partial charge >= 0.3 is 0 Å². The molecule has 1 aromatic heterocycles. The highest BCUT2D eigenvalue weighted by Crippen LogP contribution is 2.07. The zero-order chi connectivity index (χ0) is 13.7. The van der Waals surface area contributed by atoms with Crippen LogP contribution in [0, 0.1) is 0 Å². The molecule has 6 heteroatoms. The molecule has 102 valence electrons. The van der Waals surface area contributed by atoms with Crippen molar-refractivity contribution in [3.63, 3.8) is 0 Å². The van der Waals surface area contributed by atoms with Crippen molar-refractivity contribution in [2.75, 3.05) is 25.1 Å². The number of hydrogen-bond acceptors (Lipinski definition) is 5. The fourth-order valence-corrected chi connectivity index (χ4v) is 1.70. The van der Waals surface area contributed by atoms with Crippen molar-refractivity contribution in [2.45, 2.75) is 13.0 Å². The standard InChI is InChI=1S/C13H17N3O3/c1-2-19-8-9(17)7-14-13-15-11-6-4-3-5-10(11)12(18)16-13/h3-6,9,17H,2,7-8H2,1H3,(H2,14,15,16,18)/t9-/m1/s1. The molecular weight excluding hydrogens is 246 g/mol. The Morgan fingerprint density at radius 3 is 3.05 bits per heavy atom. The topological polar surface area (TPSA) is 87.2 Å². The minimum absolute atomic E-state index is 0.201. The number of fused-ring (bicyclic) bond motifs is 1. The van der Waals surface area contributed by atoms with Crippen LogP contribution in [-0.2, 0) is 4.74 Å². The van der Waals surface area contributed by atoms with Gasteiger partial charge in [0.1, 0.15) is 0 Å². The molecule has 0 unspecified atom stereocenters. The molecule has 0 saturated carbocycles. The van der Waals surface area contributed by atoms with Crippen molar-refractivity contribution >= 4 is 16.9 Å². The summed E-state index contributed by atoms with van der Waals surface area (Å²) in [6.45, 7) is 2.94. The summed E-state index contributed by atoms with van der Waals surface area (Å²) >= 11 is 0. The van der Waals surface area contributed by atoms with E-state index in [1.807, 2.05) is 13.0 Å². The van der Waals surface area contributed by atoms with Crippen LogP contribution in [0.15, 0.2) is 29.1 Å². The smallest absolute Gasteiger partial charge is 0.260 e. The van der Waals surface area contributed by atoms with Crippen LogP contribution in [-0.4, -0.2) is 40.9 Å². The van der Waals surface area contributed by atoms with Crippen molar-refractivity contribution < 1.29 is 9.84 Å². The summed E-state index contributed by atoms with van der Waals surface area (Å²) in [4.78, 5) is 18.7. The third-order valence-corrected chi connectivity index (χ3v) is 2.63. The Morgan fingerprint density at radius 1 is 1.47 bits per heavy atom. The van der Waals surface area contributed by atoms with Crippen molar-refractivity contribution in [1.82, 2.24) is 9.97 Å². The van der Waals surface area contributed by atoms with Crippen LogP contribution in [0.25, 0.3) is 10.9 Å². The molecule has 0 aliphatic heterocycles. The number of anilines is 1. The maximum absolute atomic E-state index is 11.8. The van der Waals surface area contributed by atoms with Gasteiger partial charge in [-0.05, 0) is 19.1 Å². The zero-order valence-electron chi connectivity index (χ0n) is 10.7. The SMILES string of the molecule is CCOC[C@H](O)CNc1nc2ccccc2c(=O)[nH]1. The number of aliphatic hydroxyl groups is 1. The number of aromatic amines is 1. The lowest BCUT2D eigenvalue weighted by Gasteiger charge is -2.12. The summed E-state index contributed by atoms with van der Waals surface area (Å²) in [6, 6.07) is 7.10. The quantitative estimate of drug-likeness (QED) is 0.715. The Morgan fingerprint density at radius 2 is 2.26 bits per heavy atom. The molecule has 2 rings (SSSR count). The van der Waals surface area contributed by atoms with Gasteiger partial charge in [-0.2, -0.15) is 0 Å². The lowest BCUT2D eigenvalue weighted by molar-refractivity contribution is 0.0495. The molecular formula is C13H17N3O3. The van der Waals surface area contributed by atoms with E-state index in [0.29, 0.717) is 23.5 Å². The summed E-state index contributed by atoms with van der Waals surface area (Å²) in [5, 5.41) is 13.1. The van der Waals surface area contributed by atoms with E-state index in [1.54, 1.807) is 18.2 Å². The second-order valence-electron chi connectivity index (χ2n) is 4.13. The number of nitrogens with zero attached hydrogens (tertiary/aromatic N) is 1. The fourth-order valence-electron chi connectivity index (χ4n) is 1.70. The predicted octanol–water partition coefficient (Wildman–Crippen LogP) is 0.732. The molecule has 6 nitrogen and oxygen atoms in total. The summed E-state index contributed by atoms with van der Waals surface area (Å²) in [5.74, 6) is 0.347. The van der Waals surface area contributed by atoms with Gasteiger partial charge in [-0.25, -0.2) is 4.98 Å². The number of aliphatic hydroxyl groups excluding tert-OH is 1. The van der Waals surface area contributed by atoms with Crippen LogP contribution < -0.4 is 10.9 Å². The first-order valence-corrected chi connectivity index (χ1v) is 6.19. The maximum Gasteiger partial charge on any atom is 0.260 e. The van der Waals surface area contributed by atoms with E-state index in [0.717, 1.165) is 0 Å². The summed E-state index contributed by atoms with van der Waals surface area (Å²) < 4.78 is 5.10. The Labute approximate surface area is 110 Å². The van der Waals surface area contributed by atoms with Crippen LogP contribution in [0.3, 0.4) is 0 Å². The average molecular weight is 263 g/mol. The minimum Gasteiger partial charge on any atom is -0.389 e. The zero-order valence-corrected chi connectivity index (χ0v) is 10.7. The van der Waals surface area contributed by atoms with Crippen molar-refractivity contribution in [1.29, 1.82) is 0 Å². The van der Waals surface area contributed by atoms with Crippen molar-refractivity contribution in [2.24, 2.45) is 0 Å². The van der Waals surface area contributed by atoms with Crippen LogP contribution in [0.4, 0.5) is 5.95 Å². The number of benzene rings is 1. The Kier molecular flexibility index (Phi) is 4.48. The molecule has 1 aromatic carbocycles. The minimum atomic E-state index is -0.642. The van der Waals surface area contributed by atoms with E-state index in [1.165, 1.54) is 0 Å². The van der Waals surface area contributed by atoms with E-state index in [4.69, 9.17) is 4.74 Å². The molecule has 0 bridgehead atoms. The van der Waals surface area contributed by atoms with Gasteiger partial charge in [-0.15, -0.1) is 0 Å². The molecule has 3 N–H and O–H groups in total. The van der Waals surface area contributed by atoms with Crippen molar-refractivity contribution in [3.8, 4) is 0 Å². The monoisotopic (exact) mass is 263 g/mol. The number of aromatic nitrogens is 2. The van der Waals surface area contributed by atoms with Crippen LogP contribution >= 0.6 is 0 Å². The number of para-hydroxylation sites is 1. The lowest BCUT2D eigenvalue weighted by Crippen LogP contribution is -2.26. The average Bonchev–Trinajstić information content (AvgIpc) is 2.43. The molecule has 0 radical (unpaired) electrons. The van der Waals surface area contributed by atoms with E-state index >= 15 is 0 Å². The van der Waals surface area contributed by atoms with Crippen LogP contribution in [0.5, 0.6) is 0 Å². The number of nitrogens with one attached hydrogen (secondary N) is 2. The normalized spacial score (nSPS) is 12.5. The second-order valence-corrected chi connectivity index (χ2v) is 4.13. The molecule has 0 fully saturated rings. The number of ether oxygens (including phenoxy) is 1. The van der Waals surface area contributed by atoms with E-state index in [9.17, 15) is 9.90 Å². The number of hydrogen-bond donors (Lipinski definition) is 3. The molecule has 0 amide bonds. The Hall–Kier alpha value is -1.92. The van der Waals surface area contributed by atoms with Crippen LogP contribution in [0.1, 0.15) is 6.92 Å². The molecule has 0 spiro atoms. The Bertz CT molecular complexity index is 597. The third-order valence-electron chi connectivity index (χ3n) is 2.63. The van der Waals surface area contributed by atoms with Gasteiger partial charge in [0, 0.05) is 13.2 Å². The van der Waals surface area contributed by atoms with E-state index in [2.05, 4.69) is 15.3 Å². The van der Waals surface area contributed by atoms with Gasteiger partial charge in [-0.3, -0.25) is 9.78 Å². The van der Waals surface area contributed by atoms with Gasteiger partial charge in [0.05, 0.1) is 23.6 Å². The van der Waals surface area contributed by atoms with Gasteiger partial charge < -0.3 is 15.2 Å². The predicted molar refractivity (Wildman–Crippen MR) is 73.4 cm³/mol. The molecule has 19 heavy (non-hydrogen) atoms. The van der Waals surface area contributed by atoms with Crippen LogP contribution in [0.2, 0.25) is 0 Å². The maximum atomic E-state index is 11.8. The van der Waals surface area contributed by atoms with Gasteiger partial charge in [0.15, 0.2) is 0 Å². The Balaban J connectivity index is 2.07. The third kappa shape index (κ3) is 3.52. The fraction of sp³-hybridized carbons (Fsp3) is 0.385. The van der Waals surface area contributed by atoms with Gasteiger partial charge in [0.2, 0.25) is 5.95 Å². The molecule has 1 heterocycles. The first-order valence-electron chi connectivity index (χ1n) is 6.19. The van der Waals surface area contributed by atoms with Gasteiger partial charge in [-0.1, -0.05) is 12.1 Å². The summed E-state index contributed by atoms with van der Waals surface area (Å²) in [6.07, 6.45) is -0.642.